The molecule has 2 aliphatic rings. The van der Waals surface area contributed by atoms with Crippen LogP contribution in [0.5, 0.6) is 0 Å². The van der Waals surface area contributed by atoms with Crippen molar-refractivity contribution >= 4 is 21.7 Å². The first kappa shape index (κ1) is 19.0. The maximum absolute atomic E-state index is 12.9. The molecule has 0 bridgehead atoms. The summed E-state index contributed by atoms with van der Waals surface area (Å²) in [4.78, 5) is 27.2. The van der Waals surface area contributed by atoms with Gasteiger partial charge in [0.05, 0.1) is 6.26 Å². The van der Waals surface area contributed by atoms with Crippen molar-refractivity contribution in [2.45, 2.75) is 38.1 Å². The highest BCUT2D eigenvalue weighted by Gasteiger charge is 2.38. The summed E-state index contributed by atoms with van der Waals surface area (Å²) in [6.07, 6.45) is 4.67. The predicted octanol–water partition coefficient (Wildman–Crippen LogP) is 1.92. The molecule has 2 aliphatic heterocycles. The fraction of sp³-hybridized carbons (Fsp3) is 0.579. The minimum Gasteiger partial charge on any atom is -0.341 e. The van der Waals surface area contributed by atoms with Crippen LogP contribution in [0.3, 0.4) is 0 Å². The van der Waals surface area contributed by atoms with Crippen molar-refractivity contribution in [3.05, 3.63) is 35.9 Å². The van der Waals surface area contributed by atoms with Crippen LogP contribution in [0.25, 0.3) is 0 Å². The Morgan fingerprint density at radius 1 is 0.962 bits per heavy atom. The van der Waals surface area contributed by atoms with Gasteiger partial charge < -0.3 is 4.90 Å². The van der Waals surface area contributed by atoms with E-state index in [4.69, 9.17) is 0 Å². The number of amides is 1. The smallest absolute Gasteiger partial charge is 0.241 e. The standard InChI is InChI=1S/C19H26N2O4S/c1-26(24,25)21-12-6-5-9-17(21)19(23)20-13-10-16(11-14-20)18(22)15-7-3-2-4-8-15/h2-4,7-8,16-17H,5-6,9-14H2,1H3. The molecule has 3 rings (SSSR count). The second-order valence-electron chi connectivity index (χ2n) is 7.22. The molecule has 1 atom stereocenters. The molecule has 0 aromatic heterocycles. The number of Topliss-reactive ketones (excluding diaryl/α,β-unsaturated/α-hetero) is 1. The molecule has 0 spiro atoms. The van der Waals surface area contributed by atoms with E-state index < -0.39 is 16.1 Å². The average Bonchev–Trinajstić information content (AvgIpc) is 2.67. The zero-order valence-corrected chi connectivity index (χ0v) is 16.0. The summed E-state index contributed by atoms with van der Waals surface area (Å²) in [5.41, 5.74) is 0.716. The van der Waals surface area contributed by atoms with Crippen molar-refractivity contribution in [3.8, 4) is 0 Å². The first-order valence-corrected chi connectivity index (χ1v) is 11.1. The summed E-state index contributed by atoms with van der Waals surface area (Å²) in [6, 6.07) is 8.66. The van der Waals surface area contributed by atoms with Gasteiger partial charge in [0, 0.05) is 31.1 Å². The summed E-state index contributed by atoms with van der Waals surface area (Å²) in [7, 11) is -3.39. The summed E-state index contributed by atoms with van der Waals surface area (Å²) in [5, 5.41) is 0. The number of carbonyl (C=O) groups excluding carboxylic acids is 2. The number of nitrogens with zero attached hydrogens (tertiary/aromatic N) is 2. The van der Waals surface area contributed by atoms with Crippen molar-refractivity contribution in [2.75, 3.05) is 25.9 Å². The molecule has 1 amide bonds. The van der Waals surface area contributed by atoms with Crippen molar-refractivity contribution in [1.29, 1.82) is 0 Å². The van der Waals surface area contributed by atoms with Gasteiger partial charge in [-0.3, -0.25) is 9.59 Å². The molecule has 1 unspecified atom stereocenters. The molecule has 142 valence electrons. The van der Waals surface area contributed by atoms with Gasteiger partial charge in [-0.15, -0.1) is 0 Å². The third-order valence-electron chi connectivity index (χ3n) is 5.40. The van der Waals surface area contributed by atoms with E-state index in [-0.39, 0.29) is 17.6 Å². The molecule has 1 aromatic rings. The second kappa shape index (κ2) is 7.88. The molecule has 0 aliphatic carbocycles. The highest BCUT2D eigenvalue weighted by Crippen LogP contribution is 2.26. The lowest BCUT2D eigenvalue weighted by molar-refractivity contribution is -0.137. The van der Waals surface area contributed by atoms with Crippen molar-refractivity contribution in [2.24, 2.45) is 5.92 Å². The molecule has 0 saturated carbocycles. The number of sulfonamides is 1. The van der Waals surface area contributed by atoms with Gasteiger partial charge in [-0.2, -0.15) is 4.31 Å². The highest BCUT2D eigenvalue weighted by molar-refractivity contribution is 7.88. The molecule has 2 saturated heterocycles. The summed E-state index contributed by atoms with van der Waals surface area (Å²) in [6.45, 7) is 1.44. The van der Waals surface area contributed by atoms with E-state index in [9.17, 15) is 18.0 Å². The third-order valence-corrected chi connectivity index (χ3v) is 6.69. The normalized spacial score (nSPS) is 23.0. The molecular formula is C19H26N2O4S. The van der Waals surface area contributed by atoms with E-state index in [1.807, 2.05) is 30.3 Å². The van der Waals surface area contributed by atoms with Crippen LogP contribution in [0, 0.1) is 5.92 Å². The first-order valence-electron chi connectivity index (χ1n) is 9.23. The Morgan fingerprint density at radius 2 is 1.62 bits per heavy atom. The van der Waals surface area contributed by atoms with E-state index in [0.29, 0.717) is 44.5 Å². The Morgan fingerprint density at radius 3 is 2.23 bits per heavy atom. The van der Waals surface area contributed by atoms with E-state index in [1.54, 1.807) is 4.90 Å². The molecule has 2 fully saturated rings. The van der Waals surface area contributed by atoms with Crippen molar-refractivity contribution < 1.29 is 18.0 Å². The zero-order valence-electron chi connectivity index (χ0n) is 15.1. The van der Waals surface area contributed by atoms with Crippen LogP contribution in [0.1, 0.15) is 42.5 Å². The molecule has 6 nitrogen and oxygen atoms in total. The summed E-state index contributed by atoms with van der Waals surface area (Å²) in [5.74, 6) is -0.0484. The Bertz CT molecular complexity index is 755. The fourth-order valence-corrected chi connectivity index (χ4v) is 5.08. The molecule has 0 N–H and O–H groups in total. The van der Waals surface area contributed by atoms with E-state index in [2.05, 4.69) is 0 Å². The van der Waals surface area contributed by atoms with Gasteiger partial charge in [-0.05, 0) is 25.7 Å². The second-order valence-corrected chi connectivity index (χ2v) is 9.15. The topological polar surface area (TPSA) is 74.8 Å². The van der Waals surface area contributed by atoms with Crippen LogP contribution in [-0.2, 0) is 14.8 Å². The van der Waals surface area contributed by atoms with Gasteiger partial charge in [0.15, 0.2) is 5.78 Å². The van der Waals surface area contributed by atoms with Gasteiger partial charge in [0.2, 0.25) is 15.9 Å². The highest BCUT2D eigenvalue weighted by atomic mass is 32.2. The number of carbonyl (C=O) groups is 2. The lowest BCUT2D eigenvalue weighted by atomic mass is 9.88. The minimum absolute atomic E-state index is 0.0705. The number of piperidine rings is 2. The van der Waals surface area contributed by atoms with Crippen molar-refractivity contribution in [3.63, 3.8) is 0 Å². The Balaban J connectivity index is 1.62. The Labute approximate surface area is 155 Å². The fourth-order valence-electron chi connectivity index (χ4n) is 3.96. The van der Waals surface area contributed by atoms with Crippen LogP contribution in [0.2, 0.25) is 0 Å². The van der Waals surface area contributed by atoms with E-state index >= 15 is 0 Å². The number of rotatable bonds is 4. The predicted molar refractivity (Wildman–Crippen MR) is 99.3 cm³/mol. The number of benzene rings is 1. The third kappa shape index (κ3) is 4.15. The maximum Gasteiger partial charge on any atom is 0.241 e. The van der Waals surface area contributed by atoms with E-state index in [0.717, 1.165) is 12.8 Å². The lowest BCUT2D eigenvalue weighted by Crippen LogP contribution is -2.54. The summed E-state index contributed by atoms with van der Waals surface area (Å²) >= 11 is 0. The number of hydrogen-bond donors (Lipinski definition) is 0. The van der Waals surface area contributed by atoms with Crippen molar-refractivity contribution in [1.82, 2.24) is 9.21 Å². The minimum atomic E-state index is -3.39. The van der Waals surface area contributed by atoms with Gasteiger partial charge in [0.1, 0.15) is 6.04 Å². The quantitative estimate of drug-likeness (QED) is 0.750. The summed E-state index contributed by atoms with van der Waals surface area (Å²) < 4.78 is 25.3. The van der Waals surface area contributed by atoms with Crippen LogP contribution in [-0.4, -0.2) is 61.2 Å². The Hall–Kier alpha value is -1.73. The average molecular weight is 378 g/mol. The number of ketones is 1. The molecular weight excluding hydrogens is 352 g/mol. The maximum atomic E-state index is 12.9. The van der Waals surface area contributed by atoms with Crippen LogP contribution in [0.15, 0.2) is 30.3 Å². The van der Waals surface area contributed by atoms with Gasteiger partial charge >= 0.3 is 0 Å². The monoisotopic (exact) mass is 378 g/mol. The molecule has 0 radical (unpaired) electrons. The molecule has 7 heteroatoms. The number of likely N-dealkylation sites (tertiary alicyclic amines) is 1. The molecule has 2 heterocycles. The van der Waals surface area contributed by atoms with Gasteiger partial charge in [0.25, 0.3) is 0 Å². The zero-order chi connectivity index (χ0) is 18.7. The Kier molecular flexibility index (Phi) is 5.77. The molecule has 26 heavy (non-hydrogen) atoms. The van der Waals surface area contributed by atoms with E-state index in [1.165, 1.54) is 10.6 Å². The molecule has 1 aromatic carbocycles. The van der Waals surface area contributed by atoms with Gasteiger partial charge in [-0.1, -0.05) is 36.8 Å². The van der Waals surface area contributed by atoms with Crippen LogP contribution in [0.4, 0.5) is 0 Å². The SMILES string of the molecule is CS(=O)(=O)N1CCCCC1C(=O)N1CCC(C(=O)c2ccccc2)CC1. The van der Waals surface area contributed by atoms with Gasteiger partial charge in [-0.25, -0.2) is 8.42 Å². The lowest BCUT2D eigenvalue weighted by Gasteiger charge is -2.38. The van der Waals surface area contributed by atoms with Crippen LogP contribution >= 0.6 is 0 Å². The largest absolute Gasteiger partial charge is 0.341 e. The first-order chi connectivity index (χ1) is 12.4. The van der Waals surface area contributed by atoms with Crippen LogP contribution < -0.4 is 0 Å². The number of hydrogen-bond acceptors (Lipinski definition) is 4.